The van der Waals surface area contributed by atoms with Crippen molar-refractivity contribution < 1.29 is 4.79 Å². The second kappa shape index (κ2) is 6.46. The van der Waals surface area contributed by atoms with E-state index in [0.717, 1.165) is 28.0 Å². The van der Waals surface area contributed by atoms with Gasteiger partial charge in [0.05, 0.1) is 4.88 Å². The van der Waals surface area contributed by atoms with E-state index in [0.29, 0.717) is 10.8 Å². The predicted molar refractivity (Wildman–Crippen MR) is 93.0 cm³/mol. The number of thiophene rings is 1. The lowest BCUT2D eigenvalue weighted by molar-refractivity contribution is 0.103. The quantitative estimate of drug-likeness (QED) is 0.672. The fourth-order valence-corrected chi connectivity index (χ4v) is 3.77. The van der Waals surface area contributed by atoms with Crippen molar-refractivity contribution in [3.8, 4) is 0 Å². The number of aromatic nitrogens is 1. The molecule has 0 aliphatic carbocycles. The SMILES string of the molecule is CCCc1c(C(=O)Nc2ccnc(Cl)c2)sc2ccccc12. The molecule has 0 aliphatic heterocycles. The van der Waals surface area contributed by atoms with Gasteiger partial charge in [-0.15, -0.1) is 11.3 Å². The molecule has 1 amide bonds. The number of halogens is 1. The fraction of sp³-hybridized carbons (Fsp3) is 0.176. The van der Waals surface area contributed by atoms with Crippen LogP contribution in [-0.4, -0.2) is 10.9 Å². The number of pyridine rings is 1. The van der Waals surface area contributed by atoms with Gasteiger partial charge in [-0.25, -0.2) is 4.98 Å². The Morgan fingerprint density at radius 2 is 2.14 bits per heavy atom. The number of aryl methyl sites for hydroxylation is 1. The Morgan fingerprint density at radius 1 is 1.32 bits per heavy atom. The summed E-state index contributed by atoms with van der Waals surface area (Å²) in [6.07, 6.45) is 3.47. The van der Waals surface area contributed by atoms with Gasteiger partial charge in [-0.2, -0.15) is 0 Å². The summed E-state index contributed by atoms with van der Waals surface area (Å²) in [5.41, 5.74) is 1.78. The highest BCUT2D eigenvalue weighted by atomic mass is 35.5. The molecule has 0 radical (unpaired) electrons. The number of anilines is 1. The van der Waals surface area contributed by atoms with Crippen molar-refractivity contribution in [1.29, 1.82) is 0 Å². The Hall–Kier alpha value is -1.91. The second-order valence-electron chi connectivity index (χ2n) is 4.98. The van der Waals surface area contributed by atoms with Crippen LogP contribution in [-0.2, 0) is 6.42 Å². The van der Waals surface area contributed by atoms with E-state index in [-0.39, 0.29) is 5.91 Å². The molecular weight excluding hydrogens is 316 g/mol. The second-order valence-corrected chi connectivity index (χ2v) is 6.42. The van der Waals surface area contributed by atoms with Crippen LogP contribution in [0.1, 0.15) is 28.6 Å². The molecule has 5 heteroatoms. The van der Waals surface area contributed by atoms with Gasteiger partial charge in [0.1, 0.15) is 5.15 Å². The highest BCUT2D eigenvalue weighted by Crippen LogP contribution is 2.32. The highest BCUT2D eigenvalue weighted by Gasteiger charge is 2.17. The molecular formula is C17H15ClN2OS. The minimum atomic E-state index is -0.0908. The van der Waals surface area contributed by atoms with Gasteiger partial charge in [0.25, 0.3) is 5.91 Å². The summed E-state index contributed by atoms with van der Waals surface area (Å²) in [6.45, 7) is 2.12. The maximum absolute atomic E-state index is 12.6. The number of amides is 1. The molecule has 2 aromatic heterocycles. The van der Waals surface area contributed by atoms with Crippen LogP contribution in [0.5, 0.6) is 0 Å². The average molecular weight is 331 g/mol. The lowest BCUT2D eigenvalue weighted by Gasteiger charge is -2.06. The maximum Gasteiger partial charge on any atom is 0.266 e. The number of hydrogen-bond acceptors (Lipinski definition) is 3. The molecule has 1 aromatic carbocycles. The number of carbonyl (C=O) groups excluding carboxylic acids is 1. The molecule has 0 spiro atoms. The third-order valence-electron chi connectivity index (χ3n) is 3.39. The smallest absolute Gasteiger partial charge is 0.266 e. The van der Waals surface area contributed by atoms with Crippen LogP contribution in [0, 0.1) is 0 Å². The number of nitrogens with zero attached hydrogens (tertiary/aromatic N) is 1. The van der Waals surface area contributed by atoms with E-state index < -0.39 is 0 Å². The van der Waals surface area contributed by atoms with E-state index in [9.17, 15) is 4.79 Å². The normalized spacial score (nSPS) is 10.8. The van der Waals surface area contributed by atoms with E-state index >= 15 is 0 Å². The molecule has 0 atom stereocenters. The number of rotatable bonds is 4. The summed E-state index contributed by atoms with van der Waals surface area (Å²) >= 11 is 7.39. The first kappa shape index (κ1) is 15.0. The predicted octanol–water partition coefficient (Wildman–Crippen LogP) is 5.15. The van der Waals surface area contributed by atoms with Gasteiger partial charge in [0.2, 0.25) is 0 Å². The Bertz CT molecular complexity index is 828. The molecule has 0 saturated heterocycles. The highest BCUT2D eigenvalue weighted by molar-refractivity contribution is 7.21. The van der Waals surface area contributed by atoms with Gasteiger partial charge < -0.3 is 5.32 Å². The van der Waals surface area contributed by atoms with E-state index in [1.54, 1.807) is 18.3 Å². The first-order valence-corrected chi connectivity index (χ1v) is 8.31. The lowest BCUT2D eigenvalue weighted by atomic mass is 10.1. The number of nitrogens with one attached hydrogen (secondary N) is 1. The molecule has 3 rings (SSSR count). The van der Waals surface area contributed by atoms with Gasteiger partial charge in [0, 0.05) is 16.6 Å². The minimum Gasteiger partial charge on any atom is -0.321 e. The maximum atomic E-state index is 12.6. The van der Waals surface area contributed by atoms with Crippen LogP contribution in [0.25, 0.3) is 10.1 Å². The van der Waals surface area contributed by atoms with Crippen molar-refractivity contribution >= 4 is 44.6 Å². The number of benzene rings is 1. The van der Waals surface area contributed by atoms with Crippen LogP contribution in [0.15, 0.2) is 42.6 Å². The minimum absolute atomic E-state index is 0.0908. The zero-order chi connectivity index (χ0) is 15.5. The molecule has 22 heavy (non-hydrogen) atoms. The zero-order valence-electron chi connectivity index (χ0n) is 12.1. The number of carbonyl (C=O) groups is 1. The van der Waals surface area contributed by atoms with Gasteiger partial charge in [-0.1, -0.05) is 43.1 Å². The lowest BCUT2D eigenvalue weighted by Crippen LogP contribution is -2.12. The van der Waals surface area contributed by atoms with E-state index in [1.807, 2.05) is 12.1 Å². The van der Waals surface area contributed by atoms with Crippen molar-refractivity contribution in [2.75, 3.05) is 5.32 Å². The van der Waals surface area contributed by atoms with E-state index in [2.05, 4.69) is 29.4 Å². The third-order valence-corrected chi connectivity index (χ3v) is 4.81. The van der Waals surface area contributed by atoms with Crippen molar-refractivity contribution in [2.45, 2.75) is 19.8 Å². The molecule has 2 heterocycles. The van der Waals surface area contributed by atoms with Crippen LogP contribution >= 0.6 is 22.9 Å². The molecule has 0 unspecified atom stereocenters. The van der Waals surface area contributed by atoms with Crippen molar-refractivity contribution in [3.63, 3.8) is 0 Å². The topological polar surface area (TPSA) is 42.0 Å². The summed E-state index contributed by atoms with van der Waals surface area (Å²) in [6, 6.07) is 11.5. The Labute approximate surface area is 138 Å². The summed E-state index contributed by atoms with van der Waals surface area (Å²) < 4.78 is 1.14. The Kier molecular flexibility index (Phi) is 4.41. The van der Waals surface area contributed by atoms with Crippen LogP contribution < -0.4 is 5.32 Å². The van der Waals surface area contributed by atoms with Crippen molar-refractivity contribution in [3.05, 3.63) is 58.2 Å². The first-order chi connectivity index (χ1) is 10.7. The van der Waals surface area contributed by atoms with Crippen molar-refractivity contribution in [1.82, 2.24) is 4.98 Å². The average Bonchev–Trinajstić information content (AvgIpc) is 2.87. The molecule has 1 N–H and O–H groups in total. The monoisotopic (exact) mass is 330 g/mol. The number of hydrogen-bond donors (Lipinski definition) is 1. The van der Waals surface area contributed by atoms with Gasteiger partial charge in [-0.3, -0.25) is 4.79 Å². The molecule has 0 fully saturated rings. The summed E-state index contributed by atoms with van der Waals surface area (Å²) in [5, 5.41) is 4.44. The standard InChI is InChI=1S/C17H15ClN2OS/c1-2-5-13-12-6-3-4-7-14(12)22-16(13)17(21)20-11-8-9-19-15(18)10-11/h3-4,6-10H,2,5H2,1H3,(H,19,20,21). The summed E-state index contributed by atoms with van der Waals surface area (Å²) in [5.74, 6) is -0.0908. The fourth-order valence-electron chi connectivity index (χ4n) is 2.45. The van der Waals surface area contributed by atoms with Crippen molar-refractivity contribution in [2.24, 2.45) is 0 Å². The molecule has 3 aromatic rings. The number of fused-ring (bicyclic) bond motifs is 1. The zero-order valence-corrected chi connectivity index (χ0v) is 13.7. The van der Waals surface area contributed by atoms with Gasteiger partial charge in [0.15, 0.2) is 0 Å². The third kappa shape index (κ3) is 2.98. The van der Waals surface area contributed by atoms with Crippen LogP contribution in [0.3, 0.4) is 0 Å². The summed E-state index contributed by atoms with van der Waals surface area (Å²) in [7, 11) is 0. The molecule has 0 bridgehead atoms. The molecule has 3 nitrogen and oxygen atoms in total. The Morgan fingerprint density at radius 3 is 2.91 bits per heavy atom. The van der Waals surface area contributed by atoms with Crippen LogP contribution in [0.2, 0.25) is 5.15 Å². The van der Waals surface area contributed by atoms with Gasteiger partial charge >= 0.3 is 0 Å². The first-order valence-electron chi connectivity index (χ1n) is 7.12. The summed E-state index contributed by atoms with van der Waals surface area (Å²) in [4.78, 5) is 17.3. The molecule has 0 saturated carbocycles. The van der Waals surface area contributed by atoms with Gasteiger partial charge in [-0.05, 0) is 35.6 Å². The van der Waals surface area contributed by atoms with Crippen LogP contribution in [0.4, 0.5) is 5.69 Å². The Balaban J connectivity index is 1.98. The van der Waals surface area contributed by atoms with E-state index in [4.69, 9.17) is 11.6 Å². The largest absolute Gasteiger partial charge is 0.321 e. The molecule has 0 aliphatic rings. The molecule has 112 valence electrons. The van der Waals surface area contributed by atoms with E-state index in [1.165, 1.54) is 16.7 Å².